The largest absolute Gasteiger partial charge is 0.480 e. The predicted molar refractivity (Wildman–Crippen MR) is 50.8 cm³/mol. The Labute approximate surface area is 87.8 Å². The number of methoxy groups -OCH3 is 1. The van der Waals surface area contributed by atoms with Crippen molar-refractivity contribution in [3.63, 3.8) is 0 Å². The van der Waals surface area contributed by atoms with Crippen LogP contribution in [0.15, 0.2) is 0 Å². The van der Waals surface area contributed by atoms with E-state index in [1.165, 1.54) is 7.11 Å². The second-order valence-electron chi connectivity index (χ2n) is 3.16. The number of carboxylic acids is 1. The number of aliphatic carboxylic acids is 1. The molecule has 0 radical (unpaired) electrons. The van der Waals surface area contributed by atoms with Crippen molar-refractivity contribution in [3.8, 4) is 6.07 Å². The Morgan fingerprint density at radius 2 is 2.20 bits per heavy atom. The topological polar surface area (TPSA) is 99.4 Å². The summed E-state index contributed by atoms with van der Waals surface area (Å²) in [6.07, 6.45) is 0.0846. The maximum atomic E-state index is 11.0. The van der Waals surface area contributed by atoms with Crippen molar-refractivity contribution >= 4 is 11.9 Å². The van der Waals surface area contributed by atoms with Crippen molar-refractivity contribution < 1.29 is 19.4 Å². The summed E-state index contributed by atoms with van der Waals surface area (Å²) in [7, 11) is 1.34. The highest BCUT2D eigenvalue weighted by Gasteiger charge is 2.22. The SMILES string of the molecule is COCC(=O)N[C@H](C[C@@H](C)C#N)C(=O)O. The molecule has 6 heteroatoms. The highest BCUT2D eigenvalue weighted by Crippen LogP contribution is 2.04. The van der Waals surface area contributed by atoms with Gasteiger partial charge >= 0.3 is 5.97 Å². The average molecular weight is 214 g/mol. The summed E-state index contributed by atoms with van der Waals surface area (Å²) in [6.45, 7) is 1.41. The maximum Gasteiger partial charge on any atom is 0.326 e. The van der Waals surface area contributed by atoms with Gasteiger partial charge in [0.1, 0.15) is 12.6 Å². The molecule has 0 rings (SSSR count). The lowest BCUT2D eigenvalue weighted by molar-refractivity contribution is -0.142. The molecular formula is C9H14N2O4. The predicted octanol–water partition coefficient (Wildman–Crippen LogP) is -0.248. The Bertz CT molecular complexity index is 272. The summed E-state index contributed by atoms with van der Waals surface area (Å²) in [4.78, 5) is 21.8. The number of carbonyl (C=O) groups is 2. The number of nitriles is 1. The molecule has 0 unspecified atom stereocenters. The van der Waals surface area contributed by atoms with Crippen molar-refractivity contribution in [3.05, 3.63) is 0 Å². The van der Waals surface area contributed by atoms with Crippen LogP contribution >= 0.6 is 0 Å². The van der Waals surface area contributed by atoms with Gasteiger partial charge in [-0.3, -0.25) is 4.79 Å². The summed E-state index contributed by atoms with van der Waals surface area (Å²) in [5, 5.41) is 19.6. The van der Waals surface area contributed by atoms with E-state index in [0.29, 0.717) is 0 Å². The van der Waals surface area contributed by atoms with Crippen molar-refractivity contribution in [1.29, 1.82) is 5.26 Å². The number of hydrogen-bond acceptors (Lipinski definition) is 4. The highest BCUT2D eigenvalue weighted by atomic mass is 16.5. The molecule has 2 N–H and O–H groups in total. The third-order valence-electron chi connectivity index (χ3n) is 1.72. The van der Waals surface area contributed by atoms with Crippen molar-refractivity contribution in [1.82, 2.24) is 5.32 Å². The van der Waals surface area contributed by atoms with Crippen LogP contribution in [0.4, 0.5) is 0 Å². The molecule has 0 aromatic heterocycles. The van der Waals surface area contributed by atoms with Crippen LogP contribution in [-0.4, -0.2) is 36.7 Å². The van der Waals surface area contributed by atoms with Crippen molar-refractivity contribution in [2.45, 2.75) is 19.4 Å². The quantitative estimate of drug-likeness (QED) is 0.635. The number of carboxylic acid groups (broad SMARTS) is 1. The van der Waals surface area contributed by atoms with Crippen LogP contribution in [0.3, 0.4) is 0 Å². The van der Waals surface area contributed by atoms with Crippen molar-refractivity contribution in [2.75, 3.05) is 13.7 Å². The monoisotopic (exact) mass is 214 g/mol. The van der Waals surface area contributed by atoms with Gasteiger partial charge in [-0.1, -0.05) is 0 Å². The molecule has 0 bridgehead atoms. The van der Waals surface area contributed by atoms with E-state index in [1.54, 1.807) is 6.92 Å². The van der Waals surface area contributed by atoms with Crippen LogP contribution < -0.4 is 5.32 Å². The van der Waals surface area contributed by atoms with E-state index in [2.05, 4.69) is 10.1 Å². The molecule has 0 aliphatic carbocycles. The molecule has 0 saturated heterocycles. The first-order valence-corrected chi connectivity index (χ1v) is 4.42. The number of rotatable bonds is 6. The Kier molecular flexibility index (Phi) is 6.06. The fourth-order valence-corrected chi connectivity index (χ4v) is 0.995. The molecule has 1 amide bonds. The lowest BCUT2D eigenvalue weighted by atomic mass is 10.0. The summed E-state index contributed by atoms with van der Waals surface area (Å²) in [5.74, 6) is -2.08. The van der Waals surface area contributed by atoms with Crippen LogP contribution in [-0.2, 0) is 14.3 Å². The highest BCUT2D eigenvalue weighted by molar-refractivity contribution is 5.84. The minimum absolute atomic E-state index is 0.0846. The minimum Gasteiger partial charge on any atom is -0.480 e. The van der Waals surface area contributed by atoms with E-state index < -0.39 is 23.8 Å². The molecule has 0 heterocycles. The van der Waals surface area contributed by atoms with Gasteiger partial charge in [0, 0.05) is 13.0 Å². The van der Waals surface area contributed by atoms with E-state index in [4.69, 9.17) is 10.4 Å². The van der Waals surface area contributed by atoms with Crippen LogP contribution in [0.5, 0.6) is 0 Å². The van der Waals surface area contributed by atoms with Gasteiger partial charge in [-0.2, -0.15) is 5.26 Å². The van der Waals surface area contributed by atoms with Crippen molar-refractivity contribution in [2.24, 2.45) is 5.92 Å². The van der Waals surface area contributed by atoms with Crippen LogP contribution in [0.2, 0.25) is 0 Å². The van der Waals surface area contributed by atoms with E-state index in [9.17, 15) is 9.59 Å². The molecule has 0 fully saturated rings. The summed E-state index contributed by atoms with van der Waals surface area (Å²) in [6, 6.07) is 0.870. The molecule has 0 aromatic carbocycles. The molecule has 0 aliphatic heterocycles. The minimum atomic E-state index is -1.15. The number of hydrogen-bond donors (Lipinski definition) is 2. The smallest absolute Gasteiger partial charge is 0.326 e. The average Bonchev–Trinajstić information content (AvgIpc) is 2.16. The number of carbonyl (C=O) groups excluding carboxylic acids is 1. The van der Waals surface area contributed by atoms with Gasteiger partial charge in [0.25, 0.3) is 0 Å². The first kappa shape index (κ1) is 13.4. The Morgan fingerprint density at radius 3 is 2.60 bits per heavy atom. The molecule has 0 aliphatic rings. The maximum absolute atomic E-state index is 11.0. The van der Waals surface area contributed by atoms with E-state index in [0.717, 1.165) is 0 Å². The zero-order chi connectivity index (χ0) is 11.8. The molecular weight excluding hydrogens is 200 g/mol. The fraction of sp³-hybridized carbons (Fsp3) is 0.667. The Morgan fingerprint density at radius 1 is 1.60 bits per heavy atom. The molecule has 6 nitrogen and oxygen atoms in total. The lowest BCUT2D eigenvalue weighted by Gasteiger charge is -2.14. The first-order valence-electron chi connectivity index (χ1n) is 4.42. The lowest BCUT2D eigenvalue weighted by Crippen LogP contribution is -2.43. The van der Waals surface area contributed by atoms with Gasteiger partial charge in [0.15, 0.2) is 0 Å². The van der Waals surface area contributed by atoms with Gasteiger partial charge in [0.2, 0.25) is 5.91 Å². The summed E-state index contributed by atoms with van der Waals surface area (Å²) >= 11 is 0. The van der Waals surface area contributed by atoms with E-state index in [1.807, 2.05) is 6.07 Å². The number of nitrogens with zero attached hydrogens (tertiary/aromatic N) is 1. The third kappa shape index (κ3) is 5.65. The second kappa shape index (κ2) is 6.79. The van der Waals surface area contributed by atoms with Gasteiger partial charge in [-0.25, -0.2) is 4.79 Å². The van der Waals surface area contributed by atoms with Gasteiger partial charge in [-0.15, -0.1) is 0 Å². The number of ether oxygens (including phenoxy) is 1. The zero-order valence-corrected chi connectivity index (χ0v) is 8.69. The van der Waals surface area contributed by atoms with E-state index >= 15 is 0 Å². The zero-order valence-electron chi connectivity index (χ0n) is 8.69. The van der Waals surface area contributed by atoms with Crippen LogP contribution in [0, 0.1) is 17.2 Å². The number of nitrogens with one attached hydrogen (secondary N) is 1. The second-order valence-corrected chi connectivity index (χ2v) is 3.16. The molecule has 84 valence electrons. The molecule has 2 atom stereocenters. The van der Waals surface area contributed by atoms with Gasteiger partial charge in [-0.05, 0) is 13.3 Å². The normalized spacial score (nSPS) is 13.7. The van der Waals surface area contributed by atoms with Crippen LogP contribution in [0.25, 0.3) is 0 Å². The fourth-order valence-electron chi connectivity index (χ4n) is 0.995. The third-order valence-corrected chi connectivity index (χ3v) is 1.72. The first-order chi connectivity index (χ1) is 7.01. The number of amides is 1. The molecule has 0 saturated carbocycles. The van der Waals surface area contributed by atoms with Gasteiger partial charge < -0.3 is 15.2 Å². The Hall–Kier alpha value is -1.61. The molecule has 0 aromatic rings. The summed E-state index contributed by atoms with van der Waals surface area (Å²) < 4.78 is 4.55. The summed E-state index contributed by atoms with van der Waals surface area (Å²) in [5.41, 5.74) is 0. The molecule has 0 spiro atoms. The standard InChI is InChI=1S/C9H14N2O4/c1-6(4-10)3-7(9(13)14)11-8(12)5-15-2/h6-7H,3,5H2,1-2H3,(H,11,12)(H,13,14)/t6-,7-/m1/s1. The van der Waals surface area contributed by atoms with E-state index in [-0.39, 0.29) is 13.0 Å². The Balaban J connectivity index is 4.23. The van der Waals surface area contributed by atoms with Crippen LogP contribution in [0.1, 0.15) is 13.3 Å². The van der Waals surface area contributed by atoms with Gasteiger partial charge in [0.05, 0.1) is 6.07 Å². The molecule has 15 heavy (non-hydrogen) atoms.